The largest absolute Gasteiger partial charge is 0.478 e. The summed E-state index contributed by atoms with van der Waals surface area (Å²) in [5.74, 6) is -0.910. The van der Waals surface area contributed by atoms with Gasteiger partial charge in [-0.1, -0.05) is 39.1 Å². The van der Waals surface area contributed by atoms with E-state index < -0.39 is 16.0 Å². The van der Waals surface area contributed by atoms with E-state index in [2.05, 4.69) is 15.9 Å². The Balaban J connectivity index is 1.98. The van der Waals surface area contributed by atoms with Crippen LogP contribution < -0.4 is 0 Å². The number of hydrogen-bond donors (Lipinski definition) is 1. The number of aromatic carboxylic acids is 1. The smallest absolute Gasteiger partial charge is 0.338 e. The molecule has 25 heavy (non-hydrogen) atoms. The van der Waals surface area contributed by atoms with Crippen LogP contribution in [0.2, 0.25) is 10.0 Å². The van der Waals surface area contributed by atoms with Crippen molar-refractivity contribution in [2.45, 2.75) is 30.3 Å². The topological polar surface area (TPSA) is 87.8 Å². The van der Waals surface area contributed by atoms with Crippen LogP contribution in [0.1, 0.15) is 29.0 Å². The van der Waals surface area contributed by atoms with E-state index in [-0.39, 0.29) is 38.9 Å². The van der Waals surface area contributed by atoms with E-state index in [4.69, 9.17) is 32.7 Å². The Morgan fingerprint density at radius 3 is 2.36 bits per heavy atom. The summed E-state index contributed by atoms with van der Waals surface area (Å²) in [4.78, 5) is 10.8. The summed E-state index contributed by atoms with van der Waals surface area (Å²) in [5.41, 5.74) is -0.0390. The number of carbonyl (C=O) groups is 1. The zero-order chi connectivity index (χ0) is 18.4. The number of sulfonamides is 1. The average Bonchev–Trinajstić information content (AvgIpc) is 3.20. The van der Waals surface area contributed by atoms with Gasteiger partial charge in [0.1, 0.15) is 16.9 Å². The van der Waals surface area contributed by atoms with Gasteiger partial charge < -0.3 is 9.52 Å². The summed E-state index contributed by atoms with van der Waals surface area (Å²) in [7, 11) is -3.98. The van der Waals surface area contributed by atoms with E-state index >= 15 is 0 Å². The van der Waals surface area contributed by atoms with E-state index in [0.717, 1.165) is 6.26 Å². The number of carboxylic acid groups (broad SMARTS) is 1. The van der Waals surface area contributed by atoms with Gasteiger partial charge in [0.25, 0.3) is 0 Å². The van der Waals surface area contributed by atoms with Crippen molar-refractivity contribution in [3.8, 4) is 0 Å². The second-order valence-electron chi connectivity index (χ2n) is 5.59. The zero-order valence-electron chi connectivity index (χ0n) is 12.6. The number of rotatable bonds is 6. The van der Waals surface area contributed by atoms with Crippen molar-refractivity contribution in [3.63, 3.8) is 0 Å². The van der Waals surface area contributed by atoms with Gasteiger partial charge in [-0.15, -0.1) is 0 Å². The standard InChI is InChI=1S/C15H12BrCl2NO5S/c16-9-4-12(17)14(13(18)5-9)25(22,23)19(10-1-2-10)6-11-3-8(7-24-11)15(20)21/h3-5,7,10H,1-2,6H2,(H,20,21). The summed E-state index contributed by atoms with van der Waals surface area (Å²) in [6.07, 6.45) is 2.49. The van der Waals surface area contributed by atoms with Crippen LogP contribution in [0.4, 0.5) is 0 Å². The number of nitrogens with zero attached hydrogens (tertiary/aromatic N) is 1. The molecule has 0 saturated heterocycles. The summed E-state index contributed by atoms with van der Waals surface area (Å²) < 4.78 is 33.2. The fourth-order valence-electron chi connectivity index (χ4n) is 2.39. The molecular weight excluding hydrogens is 457 g/mol. The van der Waals surface area contributed by atoms with Crippen LogP contribution in [0, 0.1) is 0 Å². The Morgan fingerprint density at radius 1 is 1.28 bits per heavy atom. The average molecular weight is 469 g/mol. The lowest BCUT2D eigenvalue weighted by Gasteiger charge is -2.22. The van der Waals surface area contributed by atoms with Gasteiger partial charge in [-0.2, -0.15) is 4.31 Å². The molecule has 0 atom stereocenters. The van der Waals surface area contributed by atoms with E-state index in [0.29, 0.717) is 17.3 Å². The second kappa shape index (κ2) is 6.92. The Morgan fingerprint density at radius 2 is 1.88 bits per heavy atom. The van der Waals surface area contributed by atoms with Crippen molar-refractivity contribution >= 4 is 55.1 Å². The van der Waals surface area contributed by atoms with Gasteiger partial charge in [0.05, 0.1) is 22.2 Å². The normalized spacial score (nSPS) is 14.9. The van der Waals surface area contributed by atoms with Crippen LogP contribution in [0.3, 0.4) is 0 Å². The van der Waals surface area contributed by atoms with Crippen LogP contribution in [0.5, 0.6) is 0 Å². The van der Waals surface area contributed by atoms with Gasteiger partial charge in [-0.25, -0.2) is 13.2 Å². The first-order valence-corrected chi connectivity index (χ1v) is 10.2. The number of carboxylic acids is 1. The minimum atomic E-state index is -3.98. The van der Waals surface area contributed by atoms with Crippen LogP contribution in [0.15, 0.2) is 38.2 Å². The van der Waals surface area contributed by atoms with Crippen molar-refractivity contribution in [3.05, 3.63) is 50.3 Å². The molecular formula is C15H12BrCl2NO5S. The molecule has 1 N–H and O–H groups in total. The first kappa shape index (κ1) is 18.7. The van der Waals surface area contributed by atoms with Crippen molar-refractivity contribution in [2.24, 2.45) is 0 Å². The molecule has 1 saturated carbocycles. The molecule has 3 rings (SSSR count). The molecule has 0 amide bonds. The zero-order valence-corrected chi connectivity index (χ0v) is 16.5. The Kier molecular flexibility index (Phi) is 5.18. The summed E-state index contributed by atoms with van der Waals surface area (Å²) in [6.45, 7) is -0.0942. The lowest BCUT2D eigenvalue weighted by molar-refractivity contribution is 0.0696. The molecule has 0 spiro atoms. The molecule has 0 bridgehead atoms. The maximum Gasteiger partial charge on any atom is 0.338 e. The first-order valence-electron chi connectivity index (χ1n) is 7.17. The van der Waals surface area contributed by atoms with Crippen molar-refractivity contribution in [1.82, 2.24) is 4.31 Å². The molecule has 1 aromatic carbocycles. The monoisotopic (exact) mass is 467 g/mol. The van der Waals surface area contributed by atoms with Crippen molar-refractivity contribution in [1.29, 1.82) is 0 Å². The molecule has 134 valence electrons. The van der Waals surface area contributed by atoms with E-state index in [1.54, 1.807) is 0 Å². The number of halogens is 3. The fourth-order valence-corrected chi connectivity index (χ4v) is 5.93. The summed E-state index contributed by atoms with van der Waals surface area (Å²) in [6, 6.07) is 4.03. The summed E-state index contributed by atoms with van der Waals surface area (Å²) >= 11 is 15.4. The molecule has 0 radical (unpaired) electrons. The maximum atomic E-state index is 13.1. The predicted molar refractivity (Wildman–Crippen MR) is 95.6 cm³/mol. The van der Waals surface area contributed by atoms with Crippen LogP contribution in [0.25, 0.3) is 0 Å². The number of benzene rings is 1. The van der Waals surface area contributed by atoms with Gasteiger partial charge in [-0.05, 0) is 31.0 Å². The van der Waals surface area contributed by atoms with E-state index in [1.165, 1.54) is 22.5 Å². The molecule has 1 aromatic heterocycles. The number of hydrogen-bond acceptors (Lipinski definition) is 4. The molecule has 0 unspecified atom stereocenters. The maximum absolute atomic E-state index is 13.1. The first-order chi connectivity index (χ1) is 11.7. The molecule has 1 fully saturated rings. The highest BCUT2D eigenvalue weighted by molar-refractivity contribution is 9.10. The summed E-state index contributed by atoms with van der Waals surface area (Å²) in [5, 5.41) is 8.98. The molecule has 1 aliphatic rings. The van der Waals surface area contributed by atoms with Gasteiger partial charge in [0.2, 0.25) is 10.0 Å². The Hall–Kier alpha value is -1.06. The highest BCUT2D eigenvalue weighted by atomic mass is 79.9. The SMILES string of the molecule is O=C(O)c1coc(CN(C2CC2)S(=O)(=O)c2c(Cl)cc(Br)cc2Cl)c1. The minimum absolute atomic E-state index is 0.00990. The third-order valence-electron chi connectivity index (χ3n) is 3.70. The Bertz CT molecular complexity index is 916. The molecule has 2 aromatic rings. The van der Waals surface area contributed by atoms with Gasteiger partial charge in [0, 0.05) is 10.5 Å². The van der Waals surface area contributed by atoms with Crippen LogP contribution in [-0.4, -0.2) is 29.8 Å². The molecule has 6 nitrogen and oxygen atoms in total. The lowest BCUT2D eigenvalue weighted by atomic mass is 10.3. The minimum Gasteiger partial charge on any atom is -0.478 e. The second-order valence-corrected chi connectivity index (χ2v) is 9.14. The highest BCUT2D eigenvalue weighted by Gasteiger charge is 2.40. The van der Waals surface area contributed by atoms with E-state index in [9.17, 15) is 13.2 Å². The predicted octanol–water partition coefficient (Wildman–Crippen LogP) is 4.40. The lowest BCUT2D eigenvalue weighted by Crippen LogP contribution is -2.33. The molecule has 1 aliphatic carbocycles. The highest BCUT2D eigenvalue weighted by Crippen LogP contribution is 2.39. The third kappa shape index (κ3) is 3.88. The van der Waals surface area contributed by atoms with Crippen molar-refractivity contribution < 1.29 is 22.7 Å². The van der Waals surface area contributed by atoms with E-state index in [1.807, 2.05) is 0 Å². The quantitative estimate of drug-likeness (QED) is 0.678. The van der Waals surface area contributed by atoms with Crippen LogP contribution >= 0.6 is 39.1 Å². The number of furan rings is 1. The van der Waals surface area contributed by atoms with Gasteiger partial charge >= 0.3 is 5.97 Å². The molecule has 10 heteroatoms. The van der Waals surface area contributed by atoms with Crippen molar-refractivity contribution in [2.75, 3.05) is 0 Å². The van der Waals surface area contributed by atoms with Gasteiger partial charge in [-0.3, -0.25) is 0 Å². The van der Waals surface area contributed by atoms with Crippen LogP contribution in [-0.2, 0) is 16.6 Å². The van der Waals surface area contributed by atoms with Gasteiger partial charge in [0.15, 0.2) is 0 Å². The third-order valence-corrected chi connectivity index (χ3v) is 6.97. The molecule has 1 heterocycles. The fraction of sp³-hybridized carbons (Fsp3) is 0.267. The molecule has 0 aliphatic heterocycles. The Labute approximate surface area is 162 Å².